The van der Waals surface area contributed by atoms with Crippen LogP contribution in [0.3, 0.4) is 0 Å². The van der Waals surface area contributed by atoms with Gasteiger partial charge < -0.3 is 10.1 Å². The summed E-state index contributed by atoms with van der Waals surface area (Å²) in [4.78, 5) is 24.1. The number of cyclic esters (lactones) is 1. The van der Waals surface area contributed by atoms with Crippen LogP contribution in [0, 0.1) is 0 Å². The van der Waals surface area contributed by atoms with Crippen molar-refractivity contribution in [3.05, 3.63) is 71.3 Å². The van der Waals surface area contributed by atoms with Gasteiger partial charge in [-0.05, 0) is 30.0 Å². The Kier molecular flexibility index (Phi) is 4.71. The van der Waals surface area contributed by atoms with Crippen LogP contribution in [0.15, 0.2) is 54.6 Å². The van der Waals surface area contributed by atoms with Crippen molar-refractivity contribution < 1.29 is 14.3 Å². The molecule has 4 nitrogen and oxygen atoms in total. The second-order valence-corrected chi connectivity index (χ2v) is 5.64. The predicted molar refractivity (Wildman–Crippen MR) is 87.1 cm³/mol. The molecule has 4 heteroatoms. The zero-order valence-electron chi connectivity index (χ0n) is 12.8. The van der Waals surface area contributed by atoms with Gasteiger partial charge in [-0.25, -0.2) is 4.79 Å². The highest BCUT2D eigenvalue weighted by Gasteiger charge is 2.30. The Morgan fingerprint density at radius 1 is 1.09 bits per heavy atom. The quantitative estimate of drug-likeness (QED) is 0.682. The molecule has 1 aliphatic heterocycles. The number of nitrogens with one attached hydrogen (secondary N) is 1. The van der Waals surface area contributed by atoms with Crippen LogP contribution in [0.2, 0.25) is 0 Å². The molecule has 0 aliphatic carbocycles. The molecule has 0 bridgehead atoms. The average molecular weight is 309 g/mol. The number of esters is 1. The number of ether oxygens (including phenoxy) is 1. The molecular weight excluding hydrogens is 290 g/mol. The molecule has 2 aromatic rings. The molecule has 0 saturated heterocycles. The van der Waals surface area contributed by atoms with Gasteiger partial charge in [0.05, 0.1) is 5.56 Å². The summed E-state index contributed by atoms with van der Waals surface area (Å²) in [6.45, 7) is 0.573. The van der Waals surface area contributed by atoms with E-state index in [9.17, 15) is 9.59 Å². The molecule has 1 N–H and O–H groups in total. The van der Waals surface area contributed by atoms with Gasteiger partial charge in [0.15, 0.2) is 6.10 Å². The summed E-state index contributed by atoms with van der Waals surface area (Å²) < 4.78 is 5.24. The Morgan fingerprint density at radius 2 is 1.83 bits per heavy atom. The first-order valence-electron chi connectivity index (χ1n) is 7.84. The van der Waals surface area contributed by atoms with Crippen LogP contribution in [0.1, 0.15) is 27.9 Å². The molecule has 0 spiro atoms. The van der Waals surface area contributed by atoms with Crippen LogP contribution < -0.4 is 5.32 Å². The Balaban J connectivity index is 1.49. The minimum Gasteiger partial charge on any atom is -0.448 e. The maximum atomic E-state index is 12.2. The van der Waals surface area contributed by atoms with Gasteiger partial charge in [-0.2, -0.15) is 0 Å². The first kappa shape index (κ1) is 15.3. The van der Waals surface area contributed by atoms with Gasteiger partial charge in [0.2, 0.25) is 0 Å². The lowest BCUT2D eigenvalue weighted by atomic mass is 9.98. The molecule has 1 unspecified atom stereocenters. The van der Waals surface area contributed by atoms with Gasteiger partial charge in [0.25, 0.3) is 5.91 Å². The van der Waals surface area contributed by atoms with Gasteiger partial charge in [-0.15, -0.1) is 0 Å². The van der Waals surface area contributed by atoms with Gasteiger partial charge in [0, 0.05) is 13.0 Å². The highest BCUT2D eigenvalue weighted by molar-refractivity contribution is 5.95. The monoisotopic (exact) mass is 309 g/mol. The number of hydrogen-bond donors (Lipinski definition) is 1. The lowest BCUT2D eigenvalue weighted by Crippen LogP contribution is -2.42. The lowest BCUT2D eigenvalue weighted by molar-refractivity contribution is -0.130. The Hall–Kier alpha value is -2.62. The molecular formula is C19H19NO3. The number of carbonyl (C=O) groups excluding carboxylic acids is 2. The average Bonchev–Trinajstić information content (AvgIpc) is 2.59. The van der Waals surface area contributed by atoms with Crippen molar-refractivity contribution in [3.63, 3.8) is 0 Å². The van der Waals surface area contributed by atoms with E-state index < -0.39 is 12.1 Å². The SMILES string of the molecule is O=C1OC(C(=O)NCCCc2ccccc2)Cc2ccccc21. The third-order valence-electron chi connectivity index (χ3n) is 3.97. The van der Waals surface area contributed by atoms with E-state index >= 15 is 0 Å². The summed E-state index contributed by atoms with van der Waals surface area (Å²) in [5, 5.41) is 2.86. The fourth-order valence-corrected chi connectivity index (χ4v) is 2.74. The van der Waals surface area contributed by atoms with Crippen molar-refractivity contribution in [2.75, 3.05) is 6.54 Å². The molecule has 0 fully saturated rings. The van der Waals surface area contributed by atoms with Gasteiger partial charge in [-0.3, -0.25) is 4.79 Å². The summed E-state index contributed by atoms with van der Waals surface area (Å²) in [7, 11) is 0. The first-order chi connectivity index (χ1) is 11.2. The second kappa shape index (κ2) is 7.09. The zero-order chi connectivity index (χ0) is 16.1. The molecule has 1 atom stereocenters. The molecule has 2 aromatic carbocycles. The van der Waals surface area contributed by atoms with Crippen LogP contribution in [-0.4, -0.2) is 24.5 Å². The number of fused-ring (bicyclic) bond motifs is 1. The van der Waals surface area contributed by atoms with E-state index in [1.807, 2.05) is 30.3 Å². The van der Waals surface area contributed by atoms with Crippen LogP contribution >= 0.6 is 0 Å². The molecule has 0 radical (unpaired) electrons. The zero-order valence-corrected chi connectivity index (χ0v) is 12.8. The molecule has 3 rings (SSSR count). The van der Waals surface area contributed by atoms with Gasteiger partial charge in [-0.1, -0.05) is 48.5 Å². The van der Waals surface area contributed by atoms with E-state index in [4.69, 9.17) is 4.74 Å². The van der Waals surface area contributed by atoms with E-state index in [1.54, 1.807) is 12.1 Å². The Bertz CT molecular complexity index is 697. The summed E-state index contributed by atoms with van der Waals surface area (Å²) in [5.74, 6) is -0.641. The maximum Gasteiger partial charge on any atom is 0.339 e. The smallest absolute Gasteiger partial charge is 0.339 e. The van der Waals surface area contributed by atoms with Crippen molar-refractivity contribution in [2.45, 2.75) is 25.4 Å². The van der Waals surface area contributed by atoms with Gasteiger partial charge >= 0.3 is 5.97 Å². The van der Waals surface area contributed by atoms with E-state index in [1.165, 1.54) is 5.56 Å². The largest absolute Gasteiger partial charge is 0.448 e. The van der Waals surface area contributed by atoms with E-state index in [-0.39, 0.29) is 5.91 Å². The molecule has 1 heterocycles. The second-order valence-electron chi connectivity index (χ2n) is 5.64. The maximum absolute atomic E-state index is 12.2. The van der Waals surface area contributed by atoms with Crippen molar-refractivity contribution in [2.24, 2.45) is 0 Å². The standard InChI is InChI=1S/C19H19NO3/c21-18(20-12-6-9-14-7-2-1-3-8-14)17-13-15-10-4-5-11-16(15)19(22)23-17/h1-5,7-8,10-11,17H,6,9,12-13H2,(H,20,21). The summed E-state index contributed by atoms with van der Waals surface area (Å²) in [6.07, 6.45) is 1.47. The number of aryl methyl sites for hydroxylation is 1. The third kappa shape index (κ3) is 3.77. The number of benzene rings is 2. The first-order valence-corrected chi connectivity index (χ1v) is 7.84. The van der Waals surface area contributed by atoms with Crippen LogP contribution in [0.5, 0.6) is 0 Å². The number of carbonyl (C=O) groups is 2. The molecule has 0 aromatic heterocycles. The van der Waals surface area contributed by atoms with Crippen molar-refractivity contribution in [3.8, 4) is 0 Å². The minimum atomic E-state index is -0.728. The minimum absolute atomic E-state index is 0.221. The summed E-state index contributed by atoms with van der Waals surface area (Å²) in [5.41, 5.74) is 2.67. The van der Waals surface area contributed by atoms with Gasteiger partial charge in [0.1, 0.15) is 0 Å². The van der Waals surface area contributed by atoms with E-state index in [2.05, 4.69) is 17.4 Å². The van der Waals surface area contributed by atoms with E-state index in [0.717, 1.165) is 18.4 Å². The molecule has 118 valence electrons. The molecule has 1 amide bonds. The van der Waals surface area contributed by atoms with Crippen LogP contribution in [0.4, 0.5) is 0 Å². The summed E-state index contributed by atoms with van der Waals surface area (Å²) in [6, 6.07) is 17.4. The normalized spacial score (nSPS) is 16.3. The van der Waals surface area contributed by atoms with Crippen LogP contribution in [0.25, 0.3) is 0 Å². The Morgan fingerprint density at radius 3 is 2.65 bits per heavy atom. The highest BCUT2D eigenvalue weighted by Crippen LogP contribution is 2.20. The third-order valence-corrected chi connectivity index (χ3v) is 3.97. The summed E-state index contributed by atoms with van der Waals surface area (Å²) >= 11 is 0. The number of amides is 1. The fraction of sp³-hybridized carbons (Fsp3) is 0.263. The lowest BCUT2D eigenvalue weighted by Gasteiger charge is -2.23. The van der Waals surface area contributed by atoms with Crippen molar-refractivity contribution >= 4 is 11.9 Å². The van der Waals surface area contributed by atoms with Crippen molar-refractivity contribution in [1.29, 1.82) is 0 Å². The fourth-order valence-electron chi connectivity index (χ4n) is 2.74. The highest BCUT2D eigenvalue weighted by atomic mass is 16.5. The van der Waals surface area contributed by atoms with Crippen LogP contribution in [-0.2, 0) is 22.4 Å². The molecule has 23 heavy (non-hydrogen) atoms. The number of rotatable bonds is 5. The number of hydrogen-bond acceptors (Lipinski definition) is 3. The molecule has 0 saturated carbocycles. The molecule has 1 aliphatic rings. The topological polar surface area (TPSA) is 55.4 Å². The Labute approximate surface area is 135 Å². The van der Waals surface area contributed by atoms with E-state index in [0.29, 0.717) is 18.5 Å². The van der Waals surface area contributed by atoms with Crippen molar-refractivity contribution in [1.82, 2.24) is 5.32 Å². The predicted octanol–water partition coefficient (Wildman–Crippen LogP) is 2.52.